The summed E-state index contributed by atoms with van der Waals surface area (Å²) in [5, 5.41) is 12.5. The van der Waals surface area contributed by atoms with Crippen LogP contribution in [-0.2, 0) is 0 Å². The van der Waals surface area contributed by atoms with Crippen LogP contribution >= 0.6 is 0 Å². The average Bonchev–Trinajstić information content (AvgIpc) is 2.80. The molecule has 0 aliphatic carbocycles. The number of rotatable bonds is 1. The van der Waals surface area contributed by atoms with Gasteiger partial charge >= 0.3 is 0 Å². The Kier molecular flexibility index (Phi) is 2.50. The van der Waals surface area contributed by atoms with Crippen LogP contribution in [0.5, 0.6) is 0 Å². The van der Waals surface area contributed by atoms with Crippen molar-refractivity contribution in [3.63, 3.8) is 0 Å². The molecule has 2 aromatic heterocycles. The fraction of sp³-hybridized carbons (Fsp3) is 0.364. The third-order valence-corrected chi connectivity index (χ3v) is 3.12. The van der Waals surface area contributed by atoms with Crippen LogP contribution in [-0.4, -0.2) is 41.1 Å². The monoisotopic (exact) mass is 244 g/mol. The van der Waals surface area contributed by atoms with Crippen molar-refractivity contribution in [2.75, 3.05) is 31.1 Å². The third-order valence-electron chi connectivity index (χ3n) is 3.12. The molecule has 3 heterocycles. The smallest absolute Gasteiger partial charge is 0.275 e. The topological polar surface area (TPSA) is 101 Å². The van der Waals surface area contributed by atoms with E-state index in [9.17, 15) is 10.1 Å². The molecule has 0 amide bonds. The van der Waals surface area contributed by atoms with Gasteiger partial charge in [-0.25, -0.2) is 4.98 Å². The molecule has 1 saturated heterocycles. The number of nitrogens with one attached hydrogen (secondary N) is 3. The minimum absolute atomic E-state index is 0.252. The van der Waals surface area contributed by atoms with Crippen molar-refractivity contribution in [1.82, 2.24) is 20.3 Å². The standard InChI is InChI=1S/C11H12N6O/c12-5-7-8-9(11(18)15-6-14-8)16-10(7)17-3-1-13-2-4-17/h6,13,16H,1-4H2,(H,14,15,18). The van der Waals surface area contributed by atoms with Crippen molar-refractivity contribution < 1.29 is 0 Å². The number of H-pyrrole nitrogens is 2. The molecule has 0 atom stereocenters. The van der Waals surface area contributed by atoms with Crippen molar-refractivity contribution in [2.24, 2.45) is 0 Å². The van der Waals surface area contributed by atoms with E-state index in [1.54, 1.807) is 0 Å². The van der Waals surface area contributed by atoms with E-state index in [4.69, 9.17) is 0 Å². The number of anilines is 1. The molecule has 1 fully saturated rings. The Bertz CT molecular complexity index is 673. The Hall–Kier alpha value is -2.33. The lowest BCUT2D eigenvalue weighted by atomic mass is 10.2. The summed E-state index contributed by atoms with van der Waals surface area (Å²) in [7, 11) is 0. The highest BCUT2D eigenvalue weighted by Gasteiger charge is 2.20. The lowest BCUT2D eigenvalue weighted by Crippen LogP contribution is -2.44. The summed E-state index contributed by atoms with van der Waals surface area (Å²) in [6.07, 6.45) is 1.32. The Balaban J connectivity index is 2.20. The van der Waals surface area contributed by atoms with Gasteiger partial charge in [0.05, 0.1) is 6.33 Å². The molecule has 3 rings (SSSR count). The molecule has 0 unspecified atom stereocenters. The van der Waals surface area contributed by atoms with Gasteiger partial charge in [-0.2, -0.15) is 5.26 Å². The summed E-state index contributed by atoms with van der Waals surface area (Å²) in [4.78, 5) is 23.3. The highest BCUT2D eigenvalue weighted by atomic mass is 16.1. The van der Waals surface area contributed by atoms with E-state index < -0.39 is 0 Å². The van der Waals surface area contributed by atoms with E-state index in [-0.39, 0.29) is 5.56 Å². The Morgan fingerprint density at radius 2 is 2.17 bits per heavy atom. The molecule has 0 radical (unpaired) electrons. The third kappa shape index (κ3) is 1.55. The van der Waals surface area contributed by atoms with Crippen LogP contribution in [0.2, 0.25) is 0 Å². The van der Waals surface area contributed by atoms with E-state index in [1.165, 1.54) is 6.33 Å². The van der Waals surface area contributed by atoms with Crippen LogP contribution in [0.25, 0.3) is 11.0 Å². The Morgan fingerprint density at radius 1 is 1.39 bits per heavy atom. The molecule has 1 aliphatic heterocycles. The predicted octanol–water partition coefficient (Wildman–Crippen LogP) is -0.468. The fourth-order valence-electron chi connectivity index (χ4n) is 2.23. The zero-order valence-electron chi connectivity index (χ0n) is 9.66. The van der Waals surface area contributed by atoms with Gasteiger partial charge in [-0.3, -0.25) is 4.79 Å². The van der Waals surface area contributed by atoms with Crippen molar-refractivity contribution >= 4 is 16.9 Å². The quantitative estimate of drug-likeness (QED) is 0.629. The highest BCUT2D eigenvalue weighted by Crippen LogP contribution is 2.24. The lowest BCUT2D eigenvalue weighted by Gasteiger charge is -2.28. The summed E-state index contributed by atoms with van der Waals surface area (Å²) < 4.78 is 0. The summed E-state index contributed by atoms with van der Waals surface area (Å²) in [6, 6.07) is 2.13. The van der Waals surface area contributed by atoms with Crippen LogP contribution < -0.4 is 15.8 Å². The zero-order chi connectivity index (χ0) is 12.5. The number of hydrogen-bond donors (Lipinski definition) is 3. The molecule has 18 heavy (non-hydrogen) atoms. The van der Waals surface area contributed by atoms with Crippen LogP contribution in [0.4, 0.5) is 5.82 Å². The van der Waals surface area contributed by atoms with Crippen molar-refractivity contribution in [2.45, 2.75) is 0 Å². The molecule has 1 aliphatic rings. The largest absolute Gasteiger partial charge is 0.354 e. The molecule has 0 aromatic carbocycles. The van der Waals surface area contributed by atoms with Gasteiger partial charge in [0.15, 0.2) is 0 Å². The number of aromatic amines is 2. The van der Waals surface area contributed by atoms with Gasteiger partial charge < -0.3 is 20.2 Å². The predicted molar refractivity (Wildman–Crippen MR) is 66.5 cm³/mol. The second-order valence-corrected chi connectivity index (χ2v) is 4.15. The van der Waals surface area contributed by atoms with Crippen LogP contribution in [0.15, 0.2) is 11.1 Å². The second-order valence-electron chi connectivity index (χ2n) is 4.15. The molecule has 7 heteroatoms. The normalized spacial score (nSPS) is 15.8. The summed E-state index contributed by atoms with van der Waals surface area (Å²) >= 11 is 0. The van der Waals surface area contributed by atoms with Gasteiger partial charge in [0, 0.05) is 26.2 Å². The first kappa shape index (κ1) is 10.8. The Morgan fingerprint density at radius 3 is 2.89 bits per heavy atom. The molecule has 0 spiro atoms. The van der Waals surface area contributed by atoms with Gasteiger partial charge in [-0.1, -0.05) is 0 Å². The van der Waals surface area contributed by atoms with Gasteiger partial charge in [0.25, 0.3) is 5.56 Å². The zero-order valence-corrected chi connectivity index (χ0v) is 9.66. The number of nitrogens with zero attached hydrogens (tertiary/aromatic N) is 3. The van der Waals surface area contributed by atoms with Crippen molar-refractivity contribution in [1.29, 1.82) is 5.26 Å². The van der Waals surface area contributed by atoms with Gasteiger partial charge in [0.2, 0.25) is 0 Å². The number of piperazine rings is 1. The van der Waals surface area contributed by atoms with Crippen LogP contribution in [0, 0.1) is 11.3 Å². The maximum absolute atomic E-state index is 11.7. The molecule has 0 saturated carbocycles. The maximum Gasteiger partial charge on any atom is 0.275 e. The van der Waals surface area contributed by atoms with Crippen molar-refractivity contribution in [3.8, 4) is 6.07 Å². The first-order valence-corrected chi connectivity index (χ1v) is 5.76. The second kappa shape index (κ2) is 4.16. The van der Waals surface area contributed by atoms with E-state index in [2.05, 4.69) is 31.2 Å². The molecule has 92 valence electrons. The van der Waals surface area contributed by atoms with Crippen LogP contribution in [0.1, 0.15) is 5.56 Å². The average molecular weight is 244 g/mol. The minimum atomic E-state index is -0.252. The van der Waals surface area contributed by atoms with E-state index >= 15 is 0 Å². The number of nitriles is 1. The summed E-state index contributed by atoms with van der Waals surface area (Å²) in [5.41, 5.74) is 0.994. The summed E-state index contributed by atoms with van der Waals surface area (Å²) in [6.45, 7) is 3.34. The lowest BCUT2D eigenvalue weighted by molar-refractivity contribution is 0.586. The highest BCUT2D eigenvalue weighted by molar-refractivity contribution is 5.87. The van der Waals surface area contributed by atoms with Crippen molar-refractivity contribution in [3.05, 3.63) is 22.2 Å². The molecular formula is C11H12N6O. The molecular weight excluding hydrogens is 232 g/mol. The first-order valence-electron chi connectivity index (χ1n) is 5.76. The van der Waals surface area contributed by atoms with Gasteiger partial charge in [-0.05, 0) is 0 Å². The minimum Gasteiger partial charge on any atom is -0.354 e. The SMILES string of the molecule is N#Cc1c(N2CCNCC2)[nH]c2c(=O)[nH]cnc12. The first-order chi connectivity index (χ1) is 8.81. The Labute approximate surface area is 102 Å². The summed E-state index contributed by atoms with van der Waals surface area (Å²) in [5.74, 6) is 0.693. The molecule has 0 bridgehead atoms. The molecule has 7 nitrogen and oxygen atoms in total. The molecule has 2 aromatic rings. The van der Waals surface area contributed by atoms with E-state index in [0.29, 0.717) is 22.4 Å². The van der Waals surface area contributed by atoms with E-state index in [1.807, 2.05) is 0 Å². The van der Waals surface area contributed by atoms with E-state index in [0.717, 1.165) is 26.2 Å². The number of aromatic nitrogens is 3. The fourth-order valence-corrected chi connectivity index (χ4v) is 2.23. The number of hydrogen-bond acceptors (Lipinski definition) is 5. The van der Waals surface area contributed by atoms with Crippen LogP contribution in [0.3, 0.4) is 0 Å². The van der Waals surface area contributed by atoms with Gasteiger partial charge in [0.1, 0.15) is 28.5 Å². The van der Waals surface area contributed by atoms with Gasteiger partial charge in [-0.15, -0.1) is 0 Å². The number of fused-ring (bicyclic) bond motifs is 1. The molecule has 3 N–H and O–H groups in total. The maximum atomic E-state index is 11.7.